The quantitative estimate of drug-likeness (QED) is 0.850. The van der Waals surface area contributed by atoms with E-state index in [1.165, 1.54) is 6.07 Å². The second-order valence-corrected chi connectivity index (χ2v) is 5.62. The Balaban J connectivity index is 2.36. The van der Waals surface area contributed by atoms with Gasteiger partial charge in [-0.25, -0.2) is 4.39 Å². The first-order valence-corrected chi connectivity index (χ1v) is 7.21. The van der Waals surface area contributed by atoms with E-state index in [2.05, 4.69) is 21.2 Å². The highest BCUT2D eigenvalue weighted by molar-refractivity contribution is 9.10. The zero-order valence-electron chi connectivity index (χ0n) is 11.7. The molecule has 0 aliphatic heterocycles. The fourth-order valence-corrected chi connectivity index (χ4v) is 2.21. The first kappa shape index (κ1) is 15.0. The van der Waals surface area contributed by atoms with Crippen molar-refractivity contribution in [2.24, 2.45) is 0 Å². The number of hydrogen-bond acceptors (Lipinski definition) is 2. The molecular formula is C16H17BrFNO. The monoisotopic (exact) mass is 337 g/mol. The molecule has 1 N–H and O–H groups in total. The zero-order chi connectivity index (χ0) is 14.7. The topological polar surface area (TPSA) is 21.3 Å². The van der Waals surface area contributed by atoms with Crippen molar-refractivity contribution in [3.63, 3.8) is 0 Å². The van der Waals surface area contributed by atoms with Crippen molar-refractivity contribution in [3.8, 4) is 11.5 Å². The van der Waals surface area contributed by atoms with Gasteiger partial charge in [0.05, 0.1) is 0 Å². The Labute approximate surface area is 127 Å². The van der Waals surface area contributed by atoms with Crippen LogP contribution in [0.1, 0.15) is 24.1 Å². The molecule has 2 aromatic carbocycles. The molecule has 0 heterocycles. The zero-order valence-corrected chi connectivity index (χ0v) is 13.3. The predicted octanol–water partition coefficient (Wildman–Crippen LogP) is 4.97. The van der Waals surface area contributed by atoms with Crippen LogP contribution in [0.2, 0.25) is 0 Å². The highest BCUT2D eigenvalue weighted by Crippen LogP contribution is 2.32. The number of nitrogens with one attached hydrogen (secondary N) is 1. The Morgan fingerprint density at radius 2 is 1.95 bits per heavy atom. The van der Waals surface area contributed by atoms with E-state index in [9.17, 15) is 4.39 Å². The van der Waals surface area contributed by atoms with Crippen molar-refractivity contribution in [2.45, 2.75) is 19.9 Å². The molecule has 2 nitrogen and oxygen atoms in total. The van der Waals surface area contributed by atoms with Crippen molar-refractivity contribution < 1.29 is 9.13 Å². The molecule has 0 amide bonds. The molecule has 2 rings (SSSR count). The van der Waals surface area contributed by atoms with Gasteiger partial charge < -0.3 is 10.1 Å². The third-order valence-corrected chi connectivity index (χ3v) is 3.74. The lowest BCUT2D eigenvalue weighted by Crippen LogP contribution is -2.13. The van der Waals surface area contributed by atoms with E-state index in [4.69, 9.17) is 4.74 Å². The van der Waals surface area contributed by atoms with Gasteiger partial charge >= 0.3 is 0 Å². The number of hydrogen-bond donors (Lipinski definition) is 1. The van der Waals surface area contributed by atoms with Gasteiger partial charge in [0.15, 0.2) is 0 Å². The maximum atomic E-state index is 13.6. The summed E-state index contributed by atoms with van der Waals surface area (Å²) in [7, 11) is 1.89. The SMILES string of the molecule is CNC(C)c1ccc(Br)cc1Oc1ccc(C)c(F)c1. The van der Waals surface area contributed by atoms with Crippen LogP contribution >= 0.6 is 15.9 Å². The molecule has 20 heavy (non-hydrogen) atoms. The first-order chi connectivity index (χ1) is 9.51. The van der Waals surface area contributed by atoms with Crippen molar-refractivity contribution in [3.05, 3.63) is 57.8 Å². The second-order valence-electron chi connectivity index (χ2n) is 4.71. The number of ether oxygens (including phenoxy) is 1. The fraction of sp³-hybridized carbons (Fsp3) is 0.250. The van der Waals surface area contributed by atoms with Crippen LogP contribution in [-0.4, -0.2) is 7.05 Å². The van der Waals surface area contributed by atoms with Gasteiger partial charge in [0.25, 0.3) is 0 Å². The van der Waals surface area contributed by atoms with Crippen LogP contribution in [0, 0.1) is 12.7 Å². The van der Waals surface area contributed by atoms with Gasteiger partial charge in [-0.1, -0.05) is 28.1 Å². The lowest BCUT2D eigenvalue weighted by atomic mass is 10.1. The maximum Gasteiger partial charge on any atom is 0.133 e. The summed E-state index contributed by atoms with van der Waals surface area (Å²) in [5.74, 6) is 0.945. The maximum absolute atomic E-state index is 13.6. The van der Waals surface area contributed by atoms with E-state index < -0.39 is 0 Å². The molecule has 1 unspecified atom stereocenters. The summed E-state index contributed by atoms with van der Waals surface area (Å²) >= 11 is 3.43. The van der Waals surface area contributed by atoms with Gasteiger partial charge in [-0.3, -0.25) is 0 Å². The molecule has 0 fully saturated rings. The molecule has 0 saturated heterocycles. The first-order valence-electron chi connectivity index (χ1n) is 6.42. The van der Waals surface area contributed by atoms with Crippen molar-refractivity contribution in [2.75, 3.05) is 7.05 Å². The smallest absolute Gasteiger partial charge is 0.133 e. The lowest BCUT2D eigenvalue weighted by Gasteiger charge is -2.17. The van der Waals surface area contributed by atoms with Crippen LogP contribution in [0.5, 0.6) is 11.5 Å². The Kier molecular flexibility index (Phi) is 4.78. The molecular weight excluding hydrogens is 321 g/mol. The van der Waals surface area contributed by atoms with Gasteiger partial charge in [0.1, 0.15) is 17.3 Å². The third-order valence-electron chi connectivity index (χ3n) is 3.25. The molecule has 0 aromatic heterocycles. The van der Waals surface area contributed by atoms with Crippen molar-refractivity contribution in [1.82, 2.24) is 5.32 Å². The summed E-state index contributed by atoms with van der Waals surface area (Å²) in [6.07, 6.45) is 0. The molecule has 0 saturated carbocycles. The van der Waals surface area contributed by atoms with Gasteiger partial charge in [-0.15, -0.1) is 0 Å². The van der Waals surface area contributed by atoms with Crippen LogP contribution in [0.4, 0.5) is 4.39 Å². The number of rotatable bonds is 4. The van der Waals surface area contributed by atoms with Crippen LogP contribution in [-0.2, 0) is 0 Å². The minimum Gasteiger partial charge on any atom is -0.457 e. The summed E-state index contributed by atoms with van der Waals surface area (Å²) in [6, 6.07) is 10.9. The van der Waals surface area contributed by atoms with E-state index in [-0.39, 0.29) is 11.9 Å². The normalized spacial score (nSPS) is 12.2. The molecule has 0 bridgehead atoms. The number of aryl methyl sites for hydroxylation is 1. The summed E-state index contributed by atoms with van der Waals surface area (Å²) in [4.78, 5) is 0. The summed E-state index contributed by atoms with van der Waals surface area (Å²) in [6.45, 7) is 3.78. The molecule has 0 radical (unpaired) electrons. The minimum atomic E-state index is -0.263. The van der Waals surface area contributed by atoms with Crippen LogP contribution in [0.3, 0.4) is 0 Å². The number of benzene rings is 2. The Bertz CT molecular complexity index is 615. The molecule has 0 aliphatic rings. The van der Waals surface area contributed by atoms with E-state index in [0.717, 1.165) is 10.0 Å². The highest BCUT2D eigenvalue weighted by atomic mass is 79.9. The summed E-state index contributed by atoms with van der Waals surface area (Å²) in [5, 5.41) is 3.18. The Morgan fingerprint density at radius 1 is 1.20 bits per heavy atom. The second kappa shape index (κ2) is 6.37. The van der Waals surface area contributed by atoms with Crippen molar-refractivity contribution in [1.29, 1.82) is 0 Å². The van der Waals surface area contributed by atoms with Gasteiger partial charge in [0.2, 0.25) is 0 Å². The molecule has 1 atom stereocenters. The van der Waals surface area contributed by atoms with Gasteiger partial charge in [-0.05, 0) is 44.7 Å². The predicted molar refractivity (Wildman–Crippen MR) is 82.8 cm³/mol. The summed E-state index contributed by atoms with van der Waals surface area (Å²) in [5.41, 5.74) is 1.63. The molecule has 0 spiro atoms. The molecule has 0 aliphatic carbocycles. The standard InChI is InChI=1S/C16H17BrFNO/c1-10-4-6-13(9-15(10)18)20-16-8-12(17)5-7-14(16)11(2)19-3/h4-9,11,19H,1-3H3. The molecule has 2 aromatic rings. The van der Waals surface area contributed by atoms with Crippen LogP contribution < -0.4 is 10.1 Å². The average Bonchev–Trinajstić information content (AvgIpc) is 2.42. The summed E-state index contributed by atoms with van der Waals surface area (Å²) < 4.78 is 20.3. The van der Waals surface area contributed by atoms with Crippen LogP contribution in [0.15, 0.2) is 40.9 Å². The van der Waals surface area contributed by atoms with E-state index in [1.54, 1.807) is 19.1 Å². The number of halogens is 2. The Hall–Kier alpha value is -1.39. The highest BCUT2D eigenvalue weighted by Gasteiger charge is 2.12. The Morgan fingerprint density at radius 3 is 2.60 bits per heavy atom. The van der Waals surface area contributed by atoms with Crippen LogP contribution in [0.25, 0.3) is 0 Å². The average molecular weight is 338 g/mol. The lowest BCUT2D eigenvalue weighted by molar-refractivity contribution is 0.461. The minimum absolute atomic E-state index is 0.147. The largest absolute Gasteiger partial charge is 0.457 e. The molecule has 4 heteroatoms. The van der Waals surface area contributed by atoms with Gasteiger partial charge in [0, 0.05) is 22.1 Å². The van der Waals surface area contributed by atoms with Crippen molar-refractivity contribution >= 4 is 15.9 Å². The fourth-order valence-electron chi connectivity index (χ4n) is 1.87. The van der Waals surface area contributed by atoms with E-state index >= 15 is 0 Å². The third kappa shape index (κ3) is 3.38. The van der Waals surface area contributed by atoms with E-state index in [1.807, 2.05) is 32.2 Å². The van der Waals surface area contributed by atoms with E-state index in [0.29, 0.717) is 17.1 Å². The van der Waals surface area contributed by atoms with Gasteiger partial charge in [-0.2, -0.15) is 0 Å². The molecule has 106 valence electrons.